The van der Waals surface area contributed by atoms with Crippen LogP contribution in [0, 0.1) is 4.91 Å². The van der Waals surface area contributed by atoms with Gasteiger partial charge >= 0.3 is 0 Å². The number of fused-ring (bicyclic) bond motifs is 1. The Morgan fingerprint density at radius 2 is 1.78 bits per heavy atom. The van der Waals surface area contributed by atoms with E-state index in [1.54, 1.807) is 29.3 Å². The largest absolute Gasteiger partial charge is 0.355 e. The predicted octanol–water partition coefficient (Wildman–Crippen LogP) is 5.45. The lowest BCUT2D eigenvalue weighted by atomic mass is 9.76. The van der Waals surface area contributed by atoms with E-state index < -0.39 is 18.0 Å². The second-order valence-electron chi connectivity index (χ2n) is 9.66. The number of nitrogens with zero attached hydrogens (tertiary/aromatic N) is 3. The predicted molar refractivity (Wildman–Crippen MR) is 142 cm³/mol. The maximum Gasteiger partial charge on any atom is 0.255 e. The molecule has 0 spiro atoms. The molecule has 3 aromatic rings. The molecule has 2 aliphatic rings. The molecule has 2 amide bonds. The molecule has 37 heavy (non-hydrogen) atoms. The third kappa shape index (κ3) is 5.14. The topological polar surface area (TPSA) is 91.7 Å². The second kappa shape index (κ2) is 11.2. The summed E-state index contributed by atoms with van der Waals surface area (Å²) in [7, 11) is 0. The number of amides is 2. The van der Waals surface area contributed by atoms with Crippen molar-refractivity contribution in [3.8, 4) is 0 Å². The third-order valence-electron chi connectivity index (χ3n) is 7.46. The lowest BCUT2D eigenvalue weighted by Gasteiger charge is -2.47. The number of halogens is 1. The molecule has 7 nitrogen and oxygen atoms in total. The first-order valence-electron chi connectivity index (χ1n) is 12.8. The van der Waals surface area contributed by atoms with Gasteiger partial charge in [-0.3, -0.25) is 14.6 Å². The quantitative estimate of drug-likeness (QED) is 0.422. The second-order valence-corrected chi connectivity index (χ2v) is 10.1. The monoisotopic (exact) mass is 516 g/mol. The van der Waals surface area contributed by atoms with Gasteiger partial charge in [0.1, 0.15) is 6.04 Å². The van der Waals surface area contributed by atoms with Crippen LogP contribution >= 0.6 is 11.6 Å². The number of carbonyl (C=O) groups is 2. The highest BCUT2D eigenvalue weighted by molar-refractivity contribution is 6.30. The number of aromatic nitrogens is 1. The van der Waals surface area contributed by atoms with Crippen molar-refractivity contribution in [3.63, 3.8) is 0 Å². The van der Waals surface area contributed by atoms with Crippen LogP contribution in [0.2, 0.25) is 5.02 Å². The molecule has 4 atom stereocenters. The first-order chi connectivity index (χ1) is 18.1. The van der Waals surface area contributed by atoms with Gasteiger partial charge in [-0.05, 0) is 54.3 Å². The highest BCUT2D eigenvalue weighted by Gasteiger charge is 2.48. The molecule has 1 aromatic heterocycles. The highest BCUT2D eigenvalue weighted by atomic mass is 35.5. The van der Waals surface area contributed by atoms with Gasteiger partial charge in [-0.2, -0.15) is 4.91 Å². The fourth-order valence-corrected chi connectivity index (χ4v) is 5.85. The van der Waals surface area contributed by atoms with E-state index in [-0.39, 0.29) is 17.9 Å². The number of hydrogen-bond donors (Lipinski definition) is 1. The number of carbonyl (C=O) groups excluding carboxylic acids is 2. The standard InChI is InChI=1S/C29H29ClN4O3/c30-20-14-12-19(13-15-20)27-26(28(35)32-18-16-21-7-5-6-17-31-21)22-8-1-2-9-23(22)29(36)34(27)25-11-4-3-10-24(25)33-37/h1-2,5-9,12-15,17,24-27H,3-4,10-11,16,18H2,(H,32,35)/t24-,25-,26+,27-/m0/s1. The Morgan fingerprint density at radius 3 is 2.54 bits per heavy atom. The van der Waals surface area contributed by atoms with Crippen LogP contribution in [0.4, 0.5) is 0 Å². The first kappa shape index (κ1) is 25.1. The lowest BCUT2D eigenvalue weighted by molar-refractivity contribution is -0.124. The van der Waals surface area contributed by atoms with Crippen LogP contribution < -0.4 is 5.32 Å². The van der Waals surface area contributed by atoms with E-state index in [0.717, 1.165) is 24.1 Å². The van der Waals surface area contributed by atoms with Crippen molar-refractivity contribution in [1.82, 2.24) is 15.2 Å². The summed E-state index contributed by atoms with van der Waals surface area (Å²) >= 11 is 6.19. The van der Waals surface area contributed by atoms with Gasteiger partial charge in [-0.25, -0.2) is 0 Å². The average molecular weight is 517 g/mol. The Morgan fingerprint density at radius 1 is 1.03 bits per heavy atom. The highest BCUT2D eigenvalue weighted by Crippen LogP contribution is 2.46. The number of benzene rings is 2. The smallest absolute Gasteiger partial charge is 0.255 e. The van der Waals surface area contributed by atoms with Crippen LogP contribution in [0.1, 0.15) is 64.8 Å². The molecule has 1 aliphatic heterocycles. The fourth-order valence-electron chi connectivity index (χ4n) is 5.72. The van der Waals surface area contributed by atoms with Gasteiger partial charge in [0.25, 0.3) is 5.91 Å². The minimum atomic E-state index is -0.659. The van der Waals surface area contributed by atoms with E-state index in [1.165, 1.54) is 0 Å². The van der Waals surface area contributed by atoms with Gasteiger partial charge in [0.05, 0.1) is 18.0 Å². The molecule has 1 fully saturated rings. The zero-order chi connectivity index (χ0) is 25.8. The number of pyridine rings is 1. The summed E-state index contributed by atoms with van der Waals surface area (Å²) in [6.45, 7) is 0.414. The van der Waals surface area contributed by atoms with Gasteiger partial charge in [0.15, 0.2) is 0 Å². The van der Waals surface area contributed by atoms with Gasteiger partial charge in [0.2, 0.25) is 5.91 Å². The molecular formula is C29H29ClN4O3. The molecule has 190 valence electrons. The molecule has 5 rings (SSSR count). The van der Waals surface area contributed by atoms with Crippen LogP contribution in [0.25, 0.3) is 0 Å². The number of rotatable bonds is 7. The van der Waals surface area contributed by atoms with Gasteiger partial charge in [0, 0.05) is 35.4 Å². The van der Waals surface area contributed by atoms with Crippen molar-refractivity contribution in [1.29, 1.82) is 0 Å². The third-order valence-corrected chi connectivity index (χ3v) is 7.72. The summed E-state index contributed by atoms with van der Waals surface area (Å²) < 4.78 is 0. The Bertz CT molecular complexity index is 1270. The minimum absolute atomic E-state index is 0.173. The molecule has 0 radical (unpaired) electrons. The molecule has 8 heteroatoms. The SMILES string of the molecule is O=N[C@H]1CCCC[C@@H]1N1C(=O)c2ccccc2[C@@H](C(=O)NCCc2ccccn2)[C@@H]1c1ccc(Cl)cc1. The molecule has 1 saturated carbocycles. The van der Waals surface area contributed by atoms with E-state index in [9.17, 15) is 14.5 Å². The van der Waals surface area contributed by atoms with Crippen LogP contribution in [0.5, 0.6) is 0 Å². The number of nitrogens with one attached hydrogen (secondary N) is 1. The van der Waals surface area contributed by atoms with Crippen molar-refractivity contribution >= 4 is 23.4 Å². The molecular weight excluding hydrogens is 488 g/mol. The van der Waals surface area contributed by atoms with Crippen LogP contribution in [0.15, 0.2) is 78.1 Å². The van der Waals surface area contributed by atoms with E-state index in [2.05, 4.69) is 15.5 Å². The van der Waals surface area contributed by atoms with Crippen molar-refractivity contribution in [2.75, 3.05) is 6.54 Å². The average Bonchev–Trinajstić information content (AvgIpc) is 2.94. The van der Waals surface area contributed by atoms with Gasteiger partial charge in [-0.15, -0.1) is 0 Å². The van der Waals surface area contributed by atoms with Gasteiger partial charge in [-0.1, -0.05) is 66.0 Å². The summed E-state index contributed by atoms with van der Waals surface area (Å²) in [4.78, 5) is 45.9. The fraction of sp³-hybridized carbons (Fsp3) is 0.345. The summed E-state index contributed by atoms with van der Waals surface area (Å²) in [6, 6.07) is 18.8. The zero-order valence-corrected chi connectivity index (χ0v) is 21.2. The Kier molecular flexibility index (Phi) is 7.60. The molecule has 1 aliphatic carbocycles. The number of nitroso groups, excluding NO2 is 1. The van der Waals surface area contributed by atoms with Crippen molar-refractivity contribution in [3.05, 3.63) is 105 Å². The lowest BCUT2D eigenvalue weighted by Crippen LogP contribution is -2.55. The molecule has 0 unspecified atom stereocenters. The van der Waals surface area contributed by atoms with Crippen LogP contribution in [-0.4, -0.2) is 40.3 Å². The maximum absolute atomic E-state index is 14.0. The molecule has 2 heterocycles. The van der Waals surface area contributed by atoms with E-state index in [1.807, 2.05) is 48.5 Å². The van der Waals surface area contributed by atoms with Crippen molar-refractivity contribution < 1.29 is 9.59 Å². The van der Waals surface area contributed by atoms with Crippen molar-refractivity contribution in [2.45, 2.75) is 56.1 Å². The van der Waals surface area contributed by atoms with Gasteiger partial charge < -0.3 is 10.2 Å². The van der Waals surface area contributed by atoms with Crippen molar-refractivity contribution in [2.24, 2.45) is 5.18 Å². The van der Waals surface area contributed by atoms with E-state index >= 15 is 0 Å². The van der Waals surface area contributed by atoms with E-state index in [0.29, 0.717) is 42.0 Å². The van der Waals surface area contributed by atoms with Crippen LogP contribution in [-0.2, 0) is 11.2 Å². The molecule has 0 bridgehead atoms. The molecule has 0 saturated heterocycles. The maximum atomic E-state index is 14.0. The normalized spacial score (nSPS) is 23.3. The summed E-state index contributed by atoms with van der Waals surface area (Å²) in [6.07, 6.45) is 5.42. The van der Waals surface area contributed by atoms with Crippen LogP contribution in [0.3, 0.4) is 0 Å². The summed E-state index contributed by atoms with van der Waals surface area (Å²) in [5, 5.41) is 7.07. The molecule has 2 aromatic carbocycles. The van der Waals surface area contributed by atoms with E-state index in [4.69, 9.17) is 11.6 Å². The Labute approximate surface area is 221 Å². The Balaban J connectivity index is 1.56. The number of hydrogen-bond acceptors (Lipinski definition) is 5. The zero-order valence-electron chi connectivity index (χ0n) is 20.4. The Hall–Kier alpha value is -3.58. The molecule has 1 N–H and O–H groups in total. The summed E-state index contributed by atoms with van der Waals surface area (Å²) in [5.41, 5.74) is 2.87. The minimum Gasteiger partial charge on any atom is -0.355 e. The summed E-state index contributed by atoms with van der Waals surface area (Å²) in [5.74, 6) is -1.01. The first-order valence-corrected chi connectivity index (χ1v) is 13.1.